The first-order valence-electron chi connectivity index (χ1n) is 11.6. The molecule has 180 valence electrons. The van der Waals surface area contributed by atoms with Gasteiger partial charge in [0, 0.05) is 18.2 Å². The summed E-state index contributed by atoms with van der Waals surface area (Å²) in [6, 6.07) is 23.2. The molecule has 0 fully saturated rings. The number of methoxy groups -OCH3 is 1. The molecule has 1 unspecified atom stereocenters. The molecule has 0 aromatic heterocycles. The number of nitrogens with zero attached hydrogens (tertiary/aromatic N) is 1. The Morgan fingerprint density at radius 3 is 2.40 bits per heavy atom. The Kier molecular flexibility index (Phi) is 7.20. The molecular formula is C29H29NO5. The quantitative estimate of drug-likeness (QED) is 0.441. The van der Waals surface area contributed by atoms with Gasteiger partial charge in [-0.1, -0.05) is 48.5 Å². The van der Waals surface area contributed by atoms with Gasteiger partial charge in [-0.3, -0.25) is 14.5 Å². The van der Waals surface area contributed by atoms with Crippen molar-refractivity contribution in [1.29, 1.82) is 0 Å². The van der Waals surface area contributed by atoms with Gasteiger partial charge in [0.2, 0.25) is 0 Å². The van der Waals surface area contributed by atoms with Gasteiger partial charge in [0.05, 0.1) is 24.8 Å². The van der Waals surface area contributed by atoms with Gasteiger partial charge in [-0.25, -0.2) is 0 Å². The molecule has 3 aromatic rings. The number of Topliss-reactive ketones (excluding diaryl/α,β-unsaturated/α-hetero) is 1. The summed E-state index contributed by atoms with van der Waals surface area (Å²) in [6.45, 7) is 3.86. The van der Waals surface area contributed by atoms with Crippen molar-refractivity contribution in [3.05, 3.63) is 101 Å². The van der Waals surface area contributed by atoms with E-state index < -0.39 is 17.7 Å². The monoisotopic (exact) mass is 471 g/mol. The molecule has 1 atom stereocenters. The van der Waals surface area contributed by atoms with E-state index >= 15 is 0 Å². The number of benzene rings is 3. The summed E-state index contributed by atoms with van der Waals surface area (Å²) in [5, 5.41) is 10.9. The first-order valence-corrected chi connectivity index (χ1v) is 11.6. The average Bonchev–Trinajstić information content (AvgIpc) is 3.13. The van der Waals surface area contributed by atoms with Crippen LogP contribution in [0.25, 0.3) is 0 Å². The topological polar surface area (TPSA) is 76.1 Å². The van der Waals surface area contributed by atoms with Crippen LogP contribution in [0.2, 0.25) is 0 Å². The lowest BCUT2D eigenvalue weighted by Crippen LogP contribution is -2.31. The maximum Gasteiger partial charge on any atom is 0.294 e. The normalized spacial score (nSPS) is 15.6. The number of carbonyl (C=O) groups is 2. The Bertz CT molecular complexity index is 1250. The number of aryl methyl sites for hydroxylation is 1. The minimum absolute atomic E-state index is 0.0409. The smallest absolute Gasteiger partial charge is 0.294 e. The number of hydrogen-bond acceptors (Lipinski definition) is 5. The zero-order chi connectivity index (χ0) is 24.9. The summed E-state index contributed by atoms with van der Waals surface area (Å²) in [5.74, 6) is -0.231. The van der Waals surface area contributed by atoms with E-state index in [1.54, 1.807) is 31.4 Å². The molecule has 3 aromatic carbocycles. The van der Waals surface area contributed by atoms with Crippen molar-refractivity contribution < 1.29 is 24.2 Å². The summed E-state index contributed by atoms with van der Waals surface area (Å²) in [7, 11) is 1.55. The summed E-state index contributed by atoms with van der Waals surface area (Å²) < 4.78 is 11.2. The summed E-state index contributed by atoms with van der Waals surface area (Å²) in [4.78, 5) is 28.2. The molecule has 1 N–H and O–H groups in total. The number of ketones is 1. The van der Waals surface area contributed by atoms with Crippen molar-refractivity contribution in [1.82, 2.24) is 0 Å². The standard InChI is InChI=1S/C29H29NO5/c1-19(2)35-24-14-7-11-21(17-24)27-26(25(31)16-15-20-9-5-4-6-10-20)28(32)29(33)30(27)22-12-8-13-23(18-22)34-3/h4-14,17-19,27,32H,15-16H2,1-3H3. The third-order valence-corrected chi connectivity index (χ3v) is 5.87. The molecule has 1 heterocycles. The molecule has 4 rings (SSSR count). The second kappa shape index (κ2) is 10.5. The molecule has 1 amide bonds. The molecule has 0 saturated heterocycles. The molecular weight excluding hydrogens is 442 g/mol. The van der Waals surface area contributed by atoms with E-state index in [2.05, 4.69) is 0 Å². The van der Waals surface area contributed by atoms with E-state index in [0.717, 1.165) is 5.56 Å². The number of ether oxygens (including phenoxy) is 2. The third-order valence-electron chi connectivity index (χ3n) is 5.87. The molecule has 0 aliphatic carbocycles. The Labute approximate surface area is 205 Å². The van der Waals surface area contributed by atoms with Gasteiger partial charge in [0.15, 0.2) is 11.5 Å². The maximum absolute atomic E-state index is 13.5. The van der Waals surface area contributed by atoms with E-state index in [1.165, 1.54) is 4.90 Å². The third kappa shape index (κ3) is 5.22. The van der Waals surface area contributed by atoms with Crippen LogP contribution < -0.4 is 14.4 Å². The van der Waals surface area contributed by atoms with Crippen LogP contribution in [0.1, 0.15) is 37.4 Å². The number of aliphatic hydroxyl groups excluding tert-OH is 1. The number of rotatable bonds is 9. The molecule has 6 nitrogen and oxygen atoms in total. The summed E-state index contributed by atoms with van der Waals surface area (Å²) in [5.41, 5.74) is 2.30. The highest BCUT2D eigenvalue weighted by atomic mass is 16.5. The fraction of sp³-hybridized carbons (Fsp3) is 0.241. The fourth-order valence-electron chi connectivity index (χ4n) is 4.30. The first kappa shape index (κ1) is 24.1. The zero-order valence-corrected chi connectivity index (χ0v) is 20.1. The highest BCUT2D eigenvalue weighted by Gasteiger charge is 2.44. The Morgan fingerprint density at radius 1 is 0.971 bits per heavy atom. The summed E-state index contributed by atoms with van der Waals surface area (Å²) in [6.07, 6.45) is 0.634. The fourth-order valence-corrected chi connectivity index (χ4v) is 4.30. The van der Waals surface area contributed by atoms with Crippen LogP contribution in [0.5, 0.6) is 11.5 Å². The van der Waals surface area contributed by atoms with Gasteiger partial charge in [0.1, 0.15) is 11.5 Å². The minimum Gasteiger partial charge on any atom is -0.503 e. The molecule has 0 bridgehead atoms. The van der Waals surface area contributed by atoms with Gasteiger partial charge >= 0.3 is 0 Å². The van der Waals surface area contributed by atoms with E-state index in [-0.39, 0.29) is 23.9 Å². The van der Waals surface area contributed by atoms with E-state index in [9.17, 15) is 14.7 Å². The van der Waals surface area contributed by atoms with Gasteiger partial charge in [-0.2, -0.15) is 0 Å². The van der Waals surface area contributed by atoms with Crippen molar-refractivity contribution in [3.8, 4) is 11.5 Å². The van der Waals surface area contributed by atoms with Crippen LogP contribution in [-0.4, -0.2) is 30.0 Å². The zero-order valence-electron chi connectivity index (χ0n) is 20.1. The first-order chi connectivity index (χ1) is 16.9. The van der Waals surface area contributed by atoms with Crippen molar-refractivity contribution in [3.63, 3.8) is 0 Å². The highest BCUT2D eigenvalue weighted by molar-refractivity contribution is 6.16. The van der Waals surface area contributed by atoms with Crippen LogP contribution in [0, 0.1) is 0 Å². The number of hydrogen-bond donors (Lipinski definition) is 1. The lowest BCUT2D eigenvalue weighted by Gasteiger charge is -2.27. The van der Waals surface area contributed by atoms with Gasteiger partial charge in [-0.05, 0) is 55.7 Å². The van der Waals surface area contributed by atoms with Crippen LogP contribution in [0.4, 0.5) is 5.69 Å². The molecule has 0 radical (unpaired) electrons. The number of carbonyl (C=O) groups excluding carboxylic acids is 2. The van der Waals surface area contributed by atoms with Crippen LogP contribution in [0.15, 0.2) is 90.2 Å². The number of aliphatic hydroxyl groups is 1. The Hall–Kier alpha value is -4.06. The van der Waals surface area contributed by atoms with Crippen molar-refractivity contribution in [2.24, 2.45) is 0 Å². The van der Waals surface area contributed by atoms with Crippen LogP contribution in [-0.2, 0) is 16.0 Å². The predicted molar refractivity (Wildman–Crippen MR) is 135 cm³/mol. The molecule has 6 heteroatoms. The highest BCUT2D eigenvalue weighted by Crippen LogP contribution is 2.42. The lowest BCUT2D eigenvalue weighted by atomic mass is 9.93. The number of amides is 1. The van der Waals surface area contributed by atoms with Gasteiger partial charge < -0.3 is 14.6 Å². The summed E-state index contributed by atoms with van der Waals surface area (Å²) >= 11 is 0. The second-order valence-corrected chi connectivity index (χ2v) is 8.69. The largest absolute Gasteiger partial charge is 0.503 e. The van der Waals surface area contributed by atoms with E-state index in [4.69, 9.17) is 9.47 Å². The maximum atomic E-state index is 13.5. The van der Waals surface area contributed by atoms with Crippen molar-refractivity contribution >= 4 is 17.4 Å². The van der Waals surface area contributed by atoms with Gasteiger partial charge in [0.25, 0.3) is 5.91 Å². The lowest BCUT2D eigenvalue weighted by molar-refractivity contribution is -0.118. The second-order valence-electron chi connectivity index (χ2n) is 8.69. The molecule has 0 spiro atoms. The predicted octanol–water partition coefficient (Wildman–Crippen LogP) is 5.58. The molecule has 1 aliphatic heterocycles. The molecule has 1 aliphatic rings. The number of anilines is 1. The van der Waals surface area contributed by atoms with Crippen molar-refractivity contribution in [2.75, 3.05) is 12.0 Å². The van der Waals surface area contributed by atoms with Gasteiger partial charge in [-0.15, -0.1) is 0 Å². The Morgan fingerprint density at radius 2 is 1.69 bits per heavy atom. The molecule has 0 saturated carbocycles. The van der Waals surface area contributed by atoms with E-state index in [1.807, 2.05) is 68.4 Å². The average molecular weight is 472 g/mol. The SMILES string of the molecule is COc1cccc(N2C(=O)C(O)=C(C(=O)CCc3ccccc3)C2c2cccc(OC(C)C)c2)c1. The van der Waals surface area contributed by atoms with Crippen molar-refractivity contribution in [2.45, 2.75) is 38.8 Å². The van der Waals surface area contributed by atoms with Crippen LogP contribution >= 0.6 is 0 Å². The minimum atomic E-state index is -0.798. The van der Waals surface area contributed by atoms with Crippen LogP contribution in [0.3, 0.4) is 0 Å². The van der Waals surface area contributed by atoms with E-state index in [0.29, 0.717) is 29.2 Å². The Balaban J connectivity index is 1.75. The molecule has 35 heavy (non-hydrogen) atoms.